The molecule has 0 spiro atoms. The van der Waals surface area contributed by atoms with Gasteiger partial charge in [-0.3, -0.25) is 9.89 Å². The molecule has 0 aliphatic rings. The SMILES string of the molecule is O=C(NCc1ccc(Cl)cc1)c1[nH]nc2nc(F)ccc12. The van der Waals surface area contributed by atoms with Gasteiger partial charge in [0.25, 0.3) is 5.91 Å². The molecule has 21 heavy (non-hydrogen) atoms. The number of hydrogen-bond acceptors (Lipinski definition) is 3. The molecule has 5 nitrogen and oxygen atoms in total. The topological polar surface area (TPSA) is 70.7 Å². The van der Waals surface area contributed by atoms with Gasteiger partial charge in [-0.05, 0) is 29.8 Å². The Kier molecular flexibility index (Phi) is 3.53. The summed E-state index contributed by atoms with van der Waals surface area (Å²) in [5.74, 6) is -0.969. The molecule has 0 bridgehead atoms. The van der Waals surface area contributed by atoms with Crippen LogP contribution in [0.2, 0.25) is 5.02 Å². The second-order valence-corrected chi connectivity index (χ2v) is 4.85. The van der Waals surface area contributed by atoms with Gasteiger partial charge in [0.05, 0.1) is 5.39 Å². The number of fused-ring (bicyclic) bond motifs is 1. The predicted octanol–water partition coefficient (Wildman–Crippen LogP) is 2.68. The molecule has 0 aliphatic carbocycles. The van der Waals surface area contributed by atoms with Gasteiger partial charge in [-0.25, -0.2) is 0 Å². The normalized spacial score (nSPS) is 10.8. The second-order valence-electron chi connectivity index (χ2n) is 4.41. The average Bonchev–Trinajstić information content (AvgIpc) is 2.89. The largest absolute Gasteiger partial charge is 0.347 e. The number of hydrogen-bond donors (Lipinski definition) is 2. The summed E-state index contributed by atoms with van der Waals surface area (Å²) in [6, 6.07) is 9.81. The van der Waals surface area contributed by atoms with Crippen molar-refractivity contribution in [3.63, 3.8) is 0 Å². The maximum absolute atomic E-state index is 13.0. The molecular formula is C14H10ClFN4O. The number of nitrogens with zero attached hydrogens (tertiary/aromatic N) is 2. The number of benzene rings is 1. The minimum Gasteiger partial charge on any atom is -0.347 e. The van der Waals surface area contributed by atoms with E-state index in [1.807, 2.05) is 12.1 Å². The lowest BCUT2D eigenvalue weighted by molar-refractivity contribution is 0.0947. The molecule has 1 amide bonds. The zero-order valence-corrected chi connectivity index (χ0v) is 11.5. The first-order chi connectivity index (χ1) is 10.1. The maximum Gasteiger partial charge on any atom is 0.270 e. The molecule has 3 aromatic rings. The molecule has 3 rings (SSSR count). The van der Waals surface area contributed by atoms with Gasteiger partial charge < -0.3 is 5.32 Å². The Morgan fingerprint density at radius 1 is 1.24 bits per heavy atom. The van der Waals surface area contributed by atoms with E-state index in [9.17, 15) is 9.18 Å². The van der Waals surface area contributed by atoms with Crippen LogP contribution < -0.4 is 5.32 Å². The summed E-state index contributed by atoms with van der Waals surface area (Å²) in [4.78, 5) is 15.7. The highest BCUT2D eigenvalue weighted by Gasteiger charge is 2.14. The highest BCUT2D eigenvalue weighted by Crippen LogP contribution is 2.14. The molecule has 1 aromatic carbocycles. The van der Waals surface area contributed by atoms with Crippen molar-refractivity contribution in [3.05, 3.63) is 58.6 Å². The Bertz CT molecular complexity index is 800. The molecular weight excluding hydrogens is 295 g/mol. The Morgan fingerprint density at radius 2 is 2.00 bits per heavy atom. The van der Waals surface area contributed by atoms with Crippen LogP contribution in [0.5, 0.6) is 0 Å². The summed E-state index contributed by atoms with van der Waals surface area (Å²) in [5, 5.41) is 10.3. The zero-order chi connectivity index (χ0) is 14.8. The predicted molar refractivity (Wildman–Crippen MR) is 76.5 cm³/mol. The minimum atomic E-state index is -0.637. The Hall–Kier alpha value is -2.47. The number of H-pyrrole nitrogens is 1. The van der Waals surface area contributed by atoms with Crippen LogP contribution >= 0.6 is 11.6 Å². The van der Waals surface area contributed by atoms with E-state index in [1.54, 1.807) is 12.1 Å². The smallest absolute Gasteiger partial charge is 0.270 e. The van der Waals surface area contributed by atoms with Crippen molar-refractivity contribution in [2.45, 2.75) is 6.54 Å². The molecule has 2 heterocycles. The molecule has 106 valence electrons. The molecule has 0 radical (unpaired) electrons. The number of aromatic nitrogens is 3. The fourth-order valence-corrected chi connectivity index (χ4v) is 2.05. The number of nitrogens with one attached hydrogen (secondary N) is 2. The molecule has 0 saturated heterocycles. The lowest BCUT2D eigenvalue weighted by Crippen LogP contribution is -2.23. The van der Waals surface area contributed by atoms with Crippen LogP contribution in [0.15, 0.2) is 36.4 Å². The fourth-order valence-electron chi connectivity index (χ4n) is 1.92. The first-order valence-electron chi connectivity index (χ1n) is 6.17. The average molecular weight is 305 g/mol. The fraction of sp³-hybridized carbons (Fsp3) is 0.0714. The van der Waals surface area contributed by atoms with Crippen molar-refractivity contribution < 1.29 is 9.18 Å². The van der Waals surface area contributed by atoms with E-state index in [-0.39, 0.29) is 17.2 Å². The third-order valence-corrected chi connectivity index (χ3v) is 3.23. The van der Waals surface area contributed by atoms with Crippen LogP contribution in [0.25, 0.3) is 11.0 Å². The van der Waals surface area contributed by atoms with Crippen LogP contribution in [0.4, 0.5) is 4.39 Å². The molecule has 0 fully saturated rings. The van der Waals surface area contributed by atoms with Crippen LogP contribution in [0.1, 0.15) is 16.1 Å². The van der Waals surface area contributed by atoms with Gasteiger partial charge in [-0.1, -0.05) is 23.7 Å². The summed E-state index contributed by atoms with van der Waals surface area (Å²) in [7, 11) is 0. The third-order valence-electron chi connectivity index (χ3n) is 2.98. The third kappa shape index (κ3) is 2.85. The van der Waals surface area contributed by atoms with Crippen molar-refractivity contribution in [1.82, 2.24) is 20.5 Å². The number of carbonyl (C=O) groups is 1. The van der Waals surface area contributed by atoms with Gasteiger partial charge in [0, 0.05) is 11.6 Å². The van der Waals surface area contributed by atoms with Crippen molar-refractivity contribution in [1.29, 1.82) is 0 Å². The van der Waals surface area contributed by atoms with Crippen molar-refractivity contribution in [2.75, 3.05) is 0 Å². The van der Waals surface area contributed by atoms with Gasteiger partial charge in [-0.15, -0.1) is 0 Å². The van der Waals surface area contributed by atoms with Crippen LogP contribution in [-0.4, -0.2) is 21.1 Å². The van der Waals surface area contributed by atoms with Crippen LogP contribution in [-0.2, 0) is 6.54 Å². The van der Waals surface area contributed by atoms with E-state index in [1.165, 1.54) is 12.1 Å². The highest BCUT2D eigenvalue weighted by molar-refractivity contribution is 6.30. The number of pyridine rings is 1. The van der Waals surface area contributed by atoms with Crippen molar-refractivity contribution in [2.24, 2.45) is 0 Å². The quantitative estimate of drug-likeness (QED) is 0.731. The summed E-state index contributed by atoms with van der Waals surface area (Å²) in [6.07, 6.45) is 0. The lowest BCUT2D eigenvalue weighted by Gasteiger charge is -2.04. The maximum atomic E-state index is 13.0. The van der Waals surface area contributed by atoms with Gasteiger partial charge in [0.15, 0.2) is 5.65 Å². The van der Waals surface area contributed by atoms with E-state index >= 15 is 0 Å². The molecule has 0 saturated carbocycles. The van der Waals surface area contributed by atoms with Gasteiger partial charge in [-0.2, -0.15) is 14.5 Å². The van der Waals surface area contributed by atoms with Gasteiger partial charge in [0.1, 0.15) is 5.69 Å². The van der Waals surface area contributed by atoms with E-state index in [2.05, 4.69) is 20.5 Å². The molecule has 0 atom stereocenters. The summed E-state index contributed by atoms with van der Waals surface area (Å²) in [6.45, 7) is 0.352. The van der Waals surface area contributed by atoms with E-state index in [4.69, 9.17) is 11.6 Å². The van der Waals surface area contributed by atoms with Crippen molar-refractivity contribution in [3.8, 4) is 0 Å². The minimum absolute atomic E-state index is 0.173. The first kappa shape index (κ1) is 13.5. The zero-order valence-electron chi connectivity index (χ0n) is 10.7. The monoisotopic (exact) mass is 304 g/mol. The van der Waals surface area contributed by atoms with Gasteiger partial charge >= 0.3 is 0 Å². The second kappa shape index (κ2) is 5.49. The van der Waals surface area contributed by atoms with Gasteiger partial charge in [0.2, 0.25) is 5.95 Å². The molecule has 2 aromatic heterocycles. The highest BCUT2D eigenvalue weighted by atomic mass is 35.5. The number of carbonyl (C=O) groups excluding carboxylic acids is 1. The lowest BCUT2D eigenvalue weighted by atomic mass is 10.2. The summed E-state index contributed by atoms with van der Waals surface area (Å²) < 4.78 is 13.0. The molecule has 2 N–H and O–H groups in total. The van der Waals surface area contributed by atoms with E-state index in [0.717, 1.165) is 5.56 Å². The Labute approximate surface area is 124 Å². The summed E-state index contributed by atoms with van der Waals surface area (Å²) >= 11 is 5.80. The molecule has 0 aliphatic heterocycles. The van der Waals surface area contributed by atoms with E-state index in [0.29, 0.717) is 17.0 Å². The van der Waals surface area contributed by atoms with Crippen molar-refractivity contribution >= 4 is 28.5 Å². The standard InChI is InChI=1S/C14H10ClFN4O/c15-9-3-1-8(2-4-9)7-17-14(21)12-10-5-6-11(16)18-13(10)20-19-12/h1-6H,7H2,(H,17,21)(H,18,19,20). The number of amides is 1. The number of rotatable bonds is 3. The Balaban J connectivity index is 1.76. The van der Waals surface area contributed by atoms with Crippen LogP contribution in [0.3, 0.4) is 0 Å². The first-order valence-corrected chi connectivity index (χ1v) is 6.54. The van der Waals surface area contributed by atoms with E-state index < -0.39 is 5.95 Å². The molecule has 7 heteroatoms. The summed E-state index contributed by atoms with van der Waals surface area (Å²) in [5.41, 5.74) is 1.35. The number of aromatic amines is 1. The number of halogens is 2. The Morgan fingerprint density at radius 3 is 2.76 bits per heavy atom. The molecule has 0 unspecified atom stereocenters. The van der Waals surface area contributed by atoms with Crippen LogP contribution in [0, 0.1) is 5.95 Å².